The number of hydrogen-bond donors (Lipinski definition) is 0. The molecule has 1 saturated heterocycles. The average molecular weight is 142 g/mol. The van der Waals surface area contributed by atoms with E-state index in [2.05, 4.69) is 27.7 Å². The highest BCUT2D eigenvalue weighted by Crippen LogP contribution is 2.40. The summed E-state index contributed by atoms with van der Waals surface area (Å²) in [5, 5.41) is 0. The number of epoxide rings is 1. The third-order valence-electron chi connectivity index (χ3n) is 2.45. The smallest absolute Gasteiger partial charge is 0.0893 e. The molecule has 10 heavy (non-hydrogen) atoms. The molecule has 1 fully saturated rings. The Hall–Kier alpha value is -0.0400. The van der Waals surface area contributed by atoms with Gasteiger partial charge in [-0.1, -0.05) is 27.2 Å². The van der Waals surface area contributed by atoms with E-state index in [1.165, 1.54) is 12.8 Å². The summed E-state index contributed by atoms with van der Waals surface area (Å²) in [6.45, 7) is 10.0. The second-order valence-electron chi connectivity index (χ2n) is 4.43. The molecule has 1 atom stereocenters. The predicted molar refractivity (Wildman–Crippen MR) is 43.0 cm³/mol. The Morgan fingerprint density at radius 3 is 2.30 bits per heavy atom. The third-order valence-corrected chi connectivity index (χ3v) is 2.45. The molecule has 0 aromatic rings. The summed E-state index contributed by atoms with van der Waals surface area (Å²) >= 11 is 0. The van der Waals surface area contributed by atoms with Crippen molar-refractivity contribution >= 4 is 0 Å². The van der Waals surface area contributed by atoms with Crippen LogP contribution in [0.25, 0.3) is 0 Å². The van der Waals surface area contributed by atoms with Crippen LogP contribution in [0, 0.1) is 5.41 Å². The minimum absolute atomic E-state index is 0.236. The molecule has 0 aromatic heterocycles. The highest BCUT2D eigenvalue weighted by Gasteiger charge is 2.42. The van der Waals surface area contributed by atoms with Gasteiger partial charge in [-0.15, -0.1) is 0 Å². The Labute approximate surface area is 63.8 Å². The monoisotopic (exact) mass is 142 g/mol. The summed E-state index contributed by atoms with van der Waals surface area (Å²) in [7, 11) is 0. The molecule has 0 spiro atoms. The van der Waals surface area contributed by atoms with Crippen LogP contribution in [0.4, 0.5) is 0 Å². The molecule has 1 aliphatic rings. The van der Waals surface area contributed by atoms with Gasteiger partial charge >= 0.3 is 0 Å². The minimum Gasteiger partial charge on any atom is -0.370 e. The van der Waals surface area contributed by atoms with E-state index < -0.39 is 0 Å². The normalized spacial score (nSPS) is 32.4. The molecule has 1 unspecified atom stereocenters. The molecule has 1 nitrogen and oxygen atoms in total. The fourth-order valence-corrected chi connectivity index (χ4v) is 1.36. The van der Waals surface area contributed by atoms with Crippen LogP contribution in [0.1, 0.15) is 40.5 Å². The number of hydrogen-bond acceptors (Lipinski definition) is 1. The maximum atomic E-state index is 5.33. The van der Waals surface area contributed by atoms with Gasteiger partial charge in [-0.25, -0.2) is 0 Å². The Kier molecular flexibility index (Phi) is 1.80. The fourth-order valence-electron chi connectivity index (χ4n) is 1.36. The van der Waals surface area contributed by atoms with E-state index in [1.54, 1.807) is 0 Å². The highest BCUT2D eigenvalue weighted by atomic mass is 16.6. The van der Waals surface area contributed by atoms with Crippen molar-refractivity contribution in [2.24, 2.45) is 5.41 Å². The van der Waals surface area contributed by atoms with E-state index in [1.807, 2.05) is 0 Å². The van der Waals surface area contributed by atoms with Gasteiger partial charge in [-0.05, 0) is 18.8 Å². The first-order valence-corrected chi connectivity index (χ1v) is 4.11. The Bertz CT molecular complexity index is 123. The first-order chi connectivity index (χ1) is 4.47. The zero-order valence-electron chi connectivity index (χ0n) is 7.53. The lowest BCUT2D eigenvalue weighted by molar-refractivity contribution is 0.209. The molecular formula is C9H18O. The van der Waals surface area contributed by atoms with Crippen LogP contribution in [-0.4, -0.2) is 12.2 Å². The van der Waals surface area contributed by atoms with Gasteiger partial charge in [-0.2, -0.15) is 0 Å². The SMILES string of the molecule is CCC(C)(C)CC1(C)CO1. The van der Waals surface area contributed by atoms with Gasteiger partial charge in [-0.3, -0.25) is 0 Å². The highest BCUT2D eigenvalue weighted by molar-refractivity contribution is 4.91. The lowest BCUT2D eigenvalue weighted by Crippen LogP contribution is -2.19. The predicted octanol–water partition coefficient (Wildman–Crippen LogP) is 2.60. The van der Waals surface area contributed by atoms with E-state index in [0.29, 0.717) is 5.41 Å². The topological polar surface area (TPSA) is 12.5 Å². The first kappa shape index (κ1) is 8.06. The van der Waals surface area contributed by atoms with Gasteiger partial charge in [0.05, 0.1) is 12.2 Å². The van der Waals surface area contributed by atoms with E-state index >= 15 is 0 Å². The summed E-state index contributed by atoms with van der Waals surface area (Å²) in [6.07, 6.45) is 2.45. The zero-order chi connectivity index (χ0) is 7.83. The summed E-state index contributed by atoms with van der Waals surface area (Å²) < 4.78 is 5.33. The van der Waals surface area contributed by atoms with Crippen LogP contribution in [0.5, 0.6) is 0 Å². The molecule has 1 heterocycles. The Morgan fingerprint density at radius 1 is 1.50 bits per heavy atom. The van der Waals surface area contributed by atoms with E-state index in [4.69, 9.17) is 4.74 Å². The van der Waals surface area contributed by atoms with Gasteiger partial charge in [0.2, 0.25) is 0 Å². The van der Waals surface area contributed by atoms with Crippen molar-refractivity contribution in [1.29, 1.82) is 0 Å². The van der Waals surface area contributed by atoms with Crippen LogP contribution in [0.3, 0.4) is 0 Å². The molecule has 0 bridgehead atoms. The van der Waals surface area contributed by atoms with Crippen molar-refractivity contribution in [2.75, 3.05) is 6.61 Å². The molecule has 0 radical (unpaired) electrons. The van der Waals surface area contributed by atoms with E-state index in [0.717, 1.165) is 6.61 Å². The minimum atomic E-state index is 0.236. The van der Waals surface area contributed by atoms with Crippen molar-refractivity contribution in [3.05, 3.63) is 0 Å². The van der Waals surface area contributed by atoms with Crippen molar-refractivity contribution in [3.63, 3.8) is 0 Å². The van der Waals surface area contributed by atoms with E-state index in [9.17, 15) is 0 Å². The summed E-state index contributed by atoms with van der Waals surface area (Å²) in [6, 6.07) is 0. The first-order valence-electron chi connectivity index (χ1n) is 4.11. The molecule has 60 valence electrons. The number of ether oxygens (including phenoxy) is 1. The Morgan fingerprint density at radius 2 is 2.00 bits per heavy atom. The molecule has 1 rings (SSSR count). The molecule has 0 saturated carbocycles. The lowest BCUT2D eigenvalue weighted by atomic mass is 9.81. The van der Waals surface area contributed by atoms with Gasteiger partial charge < -0.3 is 4.74 Å². The standard InChI is InChI=1S/C9H18O/c1-5-8(2,3)6-9(4)7-10-9/h5-7H2,1-4H3. The molecule has 0 aromatic carbocycles. The van der Waals surface area contributed by atoms with Crippen molar-refractivity contribution in [1.82, 2.24) is 0 Å². The second kappa shape index (κ2) is 2.23. The molecule has 1 aliphatic heterocycles. The van der Waals surface area contributed by atoms with E-state index in [-0.39, 0.29) is 5.60 Å². The van der Waals surface area contributed by atoms with Crippen molar-refractivity contribution < 1.29 is 4.74 Å². The summed E-state index contributed by atoms with van der Waals surface area (Å²) in [4.78, 5) is 0. The largest absolute Gasteiger partial charge is 0.370 e. The second-order valence-corrected chi connectivity index (χ2v) is 4.43. The lowest BCUT2D eigenvalue weighted by Gasteiger charge is -2.24. The van der Waals surface area contributed by atoms with Gasteiger partial charge in [0.15, 0.2) is 0 Å². The maximum Gasteiger partial charge on any atom is 0.0893 e. The molecule has 0 aliphatic carbocycles. The van der Waals surface area contributed by atoms with Crippen molar-refractivity contribution in [3.8, 4) is 0 Å². The summed E-state index contributed by atoms with van der Waals surface area (Å²) in [5.41, 5.74) is 0.699. The molecule has 1 heteroatoms. The number of rotatable bonds is 3. The van der Waals surface area contributed by atoms with Crippen LogP contribution >= 0.6 is 0 Å². The molecular weight excluding hydrogens is 124 g/mol. The third kappa shape index (κ3) is 1.98. The Balaban J connectivity index is 2.36. The fraction of sp³-hybridized carbons (Fsp3) is 1.00. The van der Waals surface area contributed by atoms with Crippen LogP contribution < -0.4 is 0 Å². The van der Waals surface area contributed by atoms with Gasteiger partial charge in [0.1, 0.15) is 0 Å². The van der Waals surface area contributed by atoms with Gasteiger partial charge in [0.25, 0.3) is 0 Å². The molecule has 0 amide bonds. The molecule has 0 N–H and O–H groups in total. The quantitative estimate of drug-likeness (QED) is 0.552. The average Bonchev–Trinajstić information content (AvgIpc) is 2.47. The zero-order valence-corrected chi connectivity index (χ0v) is 7.53. The van der Waals surface area contributed by atoms with Gasteiger partial charge in [0, 0.05) is 0 Å². The van der Waals surface area contributed by atoms with Crippen LogP contribution in [0.15, 0.2) is 0 Å². The van der Waals surface area contributed by atoms with Crippen LogP contribution in [0.2, 0.25) is 0 Å². The van der Waals surface area contributed by atoms with Crippen molar-refractivity contribution in [2.45, 2.75) is 46.1 Å². The van der Waals surface area contributed by atoms with Crippen LogP contribution in [-0.2, 0) is 4.74 Å². The summed E-state index contributed by atoms with van der Waals surface area (Å²) in [5.74, 6) is 0. The maximum absolute atomic E-state index is 5.33.